The third-order valence-electron chi connectivity index (χ3n) is 5.20. The Morgan fingerprint density at radius 3 is 2.56 bits per heavy atom. The van der Waals surface area contributed by atoms with Gasteiger partial charge in [-0.25, -0.2) is 8.42 Å². The van der Waals surface area contributed by atoms with E-state index in [2.05, 4.69) is 10.3 Å². The van der Waals surface area contributed by atoms with Gasteiger partial charge in [0, 0.05) is 37.9 Å². The summed E-state index contributed by atoms with van der Waals surface area (Å²) in [6.45, 7) is 7.02. The molecule has 3 N–H and O–H groups in total. The average Bonchev–Trinajstić information content (AvgIpc) is 2.62. The van der Waals surface area contributed by atoms with E-state index in [9.17, 15) is 13.2 Å². The Labute approximate surface area is 150 Å². The van der Waals surface area contributed by atoms with E-state index in [-0.39, 0.29) is 22.6 Å². The van der Waals surface area contributed by atoms with Crippen molar-refractivity contribution in [3.05, 3.63) is 24.5 Å². The smallest absolute Gasteiger partial charge is 0.244 e. The highest BCUT2D eigenvalue weighted by atomic mass is 32.2. The second kappa shape index (κ2) is 7.80. The van der Waals surface area contributed by atoms with Crippen LogP contribution in [0.15, 0.2) is 29.4 Å². The lowest BCUT2D eigenvalue weighted by atomic mass is 9.87. The summed E-state index contributed by atoms with van der Waals surface area (Å²) >= 11 is 0. The first-order chi connectivity index (χ1) is 11.7. The molecule has 1 unspecified atom stereocenters. The van der Waals surface area contributed by atoms with Gasteiger partial charge in [0.2, 0.25) is 15.9 Å². The van der Waals surface area contributed by atoms with Crippen LogP contribution in [0.25, 0.3) is 0 Å². The van der Waals surface area contributed by atoms with E-state index in [4.69, 9.17) is 5.73 Å². The summed E-state index contributed by atoms with van der Waals surface area (Å²) in [5, 5.41) is 3.06. The maximum Gasteiger partial charge on any atom is 0.244 e. The molecule has 0 aliphatic carbocycles. The summed E-state index contributed by atoms with van der Waals surface area (Å²) in [7, 11) is -3.55. The van der Waals surface area contributed by atoms with Gasteiger partial charge < -0.3 is 11.1 Å². The van der Waals surface area contributed by atoms with Gasteiger partial charge >= 0.3 is 0 Å². The fourth-order valence-electron chi connectivity index (χ4n) is 2.82. The van der Waals surface area contributed by atoms with Crippen LogP contribution in [0.5, 0.6) is 0 Å². The number of carbonyl (C=O) groups excluding carboxylic acids is 1. The van der Waals surface area contributed by atoms with Crippen molar-refractivity contribution in [1.29, 1.82) is 0 Å². The molecule has 1 aliphatic rings. The molecule has 0 saturated carbocycles. The standard InChI is InChI=1S/C17H28N4O3S/c1-13(2)17(3,12-18)20-16(22)14-6-9-21(10-7-14)25(23,24)15-5-4-8-19-11-15/h4-5,8,11,13-14H,6-7,9-10,12,18H2,1-3H3,(H,20,22). The van der Waals surface area contributed by atoms with Gasteiger partial charge in [0.15, 0.2) is 0 Å². The molecule has 0 aromatic carbocycles. The Morgan fingerprint density at radius 1 is 1.44 bits per heavy atom. The number of sulfonamides is 1. The van der Waals surface area contributed by atoms with Gasteiger partial charge in [0.1, 0.15) is 4.90 Å². The number of aromatic nitrogens is 1. The predicted molar refractivity (Wildman–Crippen MR) is 96.2 cm³/mol. The number of nitrogens with one attached hydrogen (secondary N) is 1. The van der Waals surface area contributed by atoms with Crippen LogP contribution in [0.1, 0.15) is 33.6 Å². The van der Waals surface area contributed by atoms with Crippen LogP contribution < -0.4 is 11.1 Å². The lowest BCUT2D eigenvalue weighted by Gasteiger charge is -2.37. The van der Waals surface area contributed by atoms with Crippen LogP contribution in [-0.4, -0.2) is 48.8 Å². The first kappa shape index (κ1) is 19.8. The molecule has 25 heavy (non-hydrogen) atoms. The number of carbonyl (C=O) groups is 1. The van der Waals surface area contributed by atoms with Crippen molar-refractivity contribution < 1.29 is 13.2 Å². The lowest BCUT2D eigenvalue weighted by molar-refractivity contribution is -0.128. The molecule has 140 valence electrons. The van der Waals surface area contributed by atoms with Gasteiger partial charge in [0.05, 0.1) is 5.54 Å². The number of nitrogens with two attached hydrogens (primary N) is 1. The van der Waals surface area contributed by atoms with Crippen LogP contribution in [0.3, 0.4) is 0 Å². The van der Waals surface area contributed by atoms with Crippen LogP contribution in [0.4, 0.5) is 0 Å². The van der Waals surface area contributed by atoms with Crippen molar-refractivity contribution in [3.8, 4) is 0 Å². The zero-order valence-electron chi connectivity index (χ0n) is 15.1. The van der Waals surface area contributed by atoms with E-state index in [0.717, 1.165) is 0 Å². The average molecular weight is 369 g/mol. The lowest BCUT2D eigenvalue weighted by Crippen LogP contribution is -2.57. The summed E-state index contributed by atoms with van der Waals surface area (Å²) in [4.78, 5) is 16.6. The van der Waals surface area contributed by atoms with Crippen molar-refractivity contribution in [2.45, 2.75) is 44.0 Å². The van der Waals surface area contributed by atoms with Gasteiger partial charge in [0.25, 0.3) is 0 Å². The quantitative estimate of drug-likeness (QED) is 0.778. The number of hydrogen-bond acceptors (Lipinski definition) is 5. The van der Waals surface area contributed by atoms with Crippen molar-refractivity contribution in [1.82, 2.24) is 14.6 Å². The van der Waals surface area contributed by atoms with E-state index in [0.29, 0.717) is 32.5 Å². The summed E-state index contributed by atoms with van der Waals surface area (Å²) in [5.74, 6) is -0.0162. The number of nitrogens with zero attached hydrogens (tertiary/aromatic N) is 2. The molecular formula is C17H28N4O3S. The maximum atomic E-state index is 12.6. The summed E-state index contributed by atoms with van der Waals surface area (Å²) in [5.41, 5.74) is 5.37. The number of pyridine rings is 1. The summed E-state index contributed by atoms with van der Waals surface area (Å²) in [6, 6.07) is 3.14. The fraction of sp³-hybridized carbons (Fsp3) is 0.647. The van der Waals surface area contributed by atoms with Gasteiger partial charge in [-0.05, 0) is 37.8 Å². The summed E-state index contributed by atoms with van der Waals surface area (Å²) < 4.78 is 26.6. The molecule has 1 saturated heterocycles. The molecule has 1 amide bonds. The van der Waals surface area contributed by atoms with Crippen LogP contribution >= 0.6 is 0 Å². The van der Waals surface area contributed by atoms with E-state index in [1.165, 1.54) is 16.6 Å². The second-order valence-corrected chi connectivity index (χ2v) is 9.07. The van der Waals surface area contributed by atoms with Gasteiger partial charge in [-0.3, -0.25) is 9.78 Å². The Morgan fingerprint density at radius 2 is 2.08 bits per heavy atom. The molecular weight excluding hydrogens is 340 g/mol. The molecule has 8 heteroatoms. The topological polar surface area (TPSA) is 105 Å². The van der Waals surface area contributed by atoms with Crippen molar-refractivity contribution >= 4 is 15.9 Å². The highest BCUT2D eigenvalue weighted by Crippen LogP contribution is 2.25. The number of amides is 1. The number of rotatable bonds is 6. The minimum atomic E-state index is -3.55. The van der Waals surface area contributed by atoms with E-state index in [1.54, 1.807) is 12.3 Å². The van der Waals surface area contributed by atoms with Crippen LogP contribution in [-0.2, 0) is 14.8 Å². The highest BCUT2D eigenvalue weighted by Gasteiger charge is 2.35. The van der Waals surface area contributed by atoms with E-state index in [1.807, 2.05) is 20.8 Å². The third-order valence-corrected chi connectivity index (χ3v) is 7.09. The zero-order valence-corrected chi connectivity index (χ0v) is 15.9. The van der Waals surface area contributed by atoms with E-state index >= 15 is 0 Å². The normalized spacial score (nSPS) is 19.6. The molecule has 1 atom stereocenters. The van der Waals surface area contributed by atoms with Crippen molar-refractivity contribution in [2.24, 2.45) is 17.6 Å². The number of hydrogen-bond donors (Lipinski definition) is 2. The van der Waals surface area contributed by atoms with Gasteiger partial charge in [-0.2, -0.15) is 4.31 Å². The minimum absolute atomic E-state index is 0.0416. The molecule has 1 aromatic heterocycles. The largest absolute Gasteiger partial charge is 0.349 e. The molecule has 0 radical (unpaired) electrons. The Balaban J connectivity index is 1.99. The molecule has 2 rings (SSSR count). The van der Waals surface area contributed by atoms with Crippen LogP contribution in [0.2, 0.25) is 0 Å². The SMILES string of the molecule is CC(C)C(C)(CN)NC(=O)C1CCN(S(=O)(=O)c2cccnc2)CC1. The third kappa shape index (κ3) is 4.37. The minimum Gasteiger partial charge on any atom is -0.349 e. The Hall–Kier alpha value is -1.51. The molecule has 0 spiro atoms. The predicted octanol–water partition coefficient (Wildman–Crippen LogP) is 0.972. The molecule has 0 bridgehead atoms. The maximum absolute atomic E-state index is 12.6. The molecule has 1 aromatic rings. The molecule has 1 fully saturated rings. The second-order valence-electron chi connectivity index (χ2n) is 7.13. The number of piperidine rings is 1. The van der Waals surface area contributed by atoms with Gasteiger partial charge in [-0.15, -0.1) is 0 Å². The molecule has 7 nitrogen and oxygen atoms in total. The highest BCUT2D eigenvalue weighted by molar-refractivity contribution is 7.89. The van der Waals surface area contributed by atoms with Gasteiger partial charge in [-0.1, -0.05) is 13.8 Å². The Kier molecular flexibility index (Phi) is 6.18. The monoisotopic (exact) mass is 368 g/mol. The fourth-order valence-corrected chi connectivity index (χ4v) is 4.26. The molecule has 2 heterocycles. The molecule has 1 aliphatic heterocycles. The first-order valence-corrected chi connectivity index (χ1v) is 10.1. The zero-order chi connectivity index (χ0) is 18.7. The summed E-state index contributed by atoms with van der Waals surface area (Å²) in [6.07, 6.45) is 3.90. The van der Waals surface area contributed by atoms with Crippen LogP contribution in [0, 0.1) is 11.8 Å². The van der Waals surface area contributed by atoms with Crippen molar-refractivity contribution in [3.63, 3.8) is 0 Å². The Bertz CT molecular complexity index is 685. The van der Waals surface area contributed by atoms with Crippen molar-refractivity contribution in [2.75, 3.05) is 19.6 Å². The first-order valence-electron chi connectivity index (χ1n) is 8.63. The van der Waals surface area contributed by atoms with E-state index < -0.39 is 15.6 Å².